The van der Waals surface area contributed by atoms with Crippen LogP contribution in [0.1, 0.15) is 33.6 Å². The molecule has 1 aromatic carbocycles. The van der Waals surface area contributed by atoms with Crippen LogP contribution >= 0.6 is 15.9 Å². The van der Waals surface area contributed by atoms with Gasteiger partial charge >= 0.3 is 0 Å². The minimum absolute atomic E-state index is 0.308. The van der Waals surface area contributed by atoms with E-state index in [1.54, 1.807) is 12.1 Å². The molecule has 96 valence electrons. The van der Waals surface area contributed by atoms with Gasteiger partial charge < -0.3 is 5.73 Å². The summed E-state index contributed by atoms with van der Waals surface area (Å²) in [4.78, 5) is 0.841. The van der Waals surface area contributed by atoms with Gasteiger partial charge in [-0.1, -0.05) is 20.8 Å². The Hall–Kier alpha value is -0.350. The van der Waals surface area contributed by atoms with Gasteiger partial charge in [0.2, 0.25) is 0 Å². The fraction of sp³-hybridized carbons (Fsp3) is 0.538. The van der Waals surface area contributed by atoms with Crippen molar-refractivity contribution in [1.29, 1.82) is 0 Å². The third-order valence-corrected chi connectivity index (χ3v) is 4.88. The van der Waals surface area contributed by atoms with Crippen molar-refractivity contribution < 1.29 is 4.21 Å². The van der Waals surface area contributed by atoms with Crippen molar-refractivity contribution in [1.82, 2.24) is 0 Å². The van der Waals surface area contributed by atoms with Crippen molar-refractivity contribution >= 4 is 32.4 Å². The minimum Gasteiger partial charge on any atom is -0.399 e. The summed E-state index contributed by atoms with van der Waals surface area (Å²) in [6, 6.07) is 5.44. The molecule has 17 heavy (non-hydrogen) atoms. The highest BCUT2D eigenvalue weighted by atomic mass is 79.9. The second-order valence-corrected chi connectivity index (χ2v) is 7.80. The van der Waals surface area contributed by atoms with Crippen LogP contribution < -0.4 is 5.73 Å². The molecule has 0 aliphatic heterocycles. The number of rotatable bonds is 4. The van der Waals surface area contributed by atoms with Crippen LogP contribution in [0.3, 0.4) is 0 Å². The van der Waals surface area contributed by atoms with Crippen LogP contribution in [-0.4, -0.2) is 9.96 Å². The van der Waals surface area contributed by atoms with E-state index in [9.17, 15) is 4.21 Å². The minimum atomic E-state index is -0.940. The summed E-state index contributed by atoms with van der Waals surface area (Å²) < 4.78 is 12.9. The highest BCUT2D eigenvalue weighted by Crippen LogP contribution is 2.25. The van der Waals surface area contributed by atoms with Crippen molar-refractivity contribution in [2.24, 2.45) is 5.41 Å². The maximum absolute atomic E-state index is 12.1. The van der Waals surface area contributed by atoms with Gasteiger partial charge in [0.25, 0.3) is 0 Å². The SMILES string of the molecule is CC(C)(C)CCCS(=O)c1ccc(N)cc1Br. The summed E-state index contributed by atoms with van der Waals surface area (Å²) in [6.45, 7) is 6.61. The molecule has 0 radical (unpaired) electrons. The lowest BCUT2D eigenvalue weighted by Gasteiger charge is -2.17. The van der Waals surface area contributed by atoms with Crippen LogP contribution in [0.4, 0.5) is 5.69 Å². The zero-order chi connectivity index (χ0) is 13.1. The molecule has 1 aromatic rings. The van der Waals surface area contributed by atoms with Gasteiger partial charge in [0.1, 0.15) is 0 Å². The normalized spacial score (nSPS) is 13.6. The van der Waals surface area contributed by atoms with E-state index in [0.29, 0.717) is 16.9 Å². The average Bonchev–Trinajstić information content (AvgIpc) is 2.15. The molecule has 2 nitrogen and oxygen atoms in total. The molecule has 0 heterocycles. The van der Waals surface area contributed by atoms with Crippen LogP contribution in [0.15, 0.2) is 27.6 Å². The summed E-state index contributed by atoms with van der Waals surface area (Å²) in [5.74, 6) is 0.708. The molecule has 0 amide bonds. The number of nitrogen functional groups attached to an aromatic ring is 1. The Bertz CT molecular complexity index is 412. The number of hydrogen-bond donors (Lipinski definition) is 1. The van der Waals surface area contributed by atoms with Gasteiger partial charge in [-0.3, -0.25) is 4.21 Å². The number of anilines is 1. The van der Waals surface area contributed by atoms with Crippen LogP contribution in [0.2, 0.25) is 0 Å². The topological polar surface area (TPSA) is 43.1 Å². The van der Waals surface area contributed by atoms with Gasteiger partial charge in [-0.25, -0.2) is 0 Å². The predicted octanol–water partition coefficient (Wildman–Crippen LogP) is 3.97. The van der Waals surface area contributed by atoms with Gasteiger partial charge in [-0.05, 0) is 52.4 Å². The molecule has 2 N–H and O–H groups in total. The smallest absolute Gasteiger partial charge is 0.0541 e. The predicted molar refractivity (Wildman–Crippen MR) is 78.5 cm³/mol. The molecule has 0 aliphatic carbocycles. The van der Waals surface area contributed by atoms with E-state index >= 15 is 0 Å². The molecule has 1 atom stereocenters. The maximum Gasteiger partial charge on any atom is 0.0541 e. The molecular weight excluding hydrogens is 298 g/mol. The first-order valence-corrected chi connectivity index (χ1v) is 7.84. The van der Waals surface area contributed by atoms with Crippen LogP contribution in [-0.2, 0) is 10.8 Å². The van der Waals surface area contributed by atoms with Crippen molar-refractivity contribution in [3.63, 3.8) is 0 Å². The molecule has 0 saturated heterocycles. The molecule has 0 aromatic heterocycles. The molecule has 4 heteroatoms. The van der Waals surface area contributed by atoms with E-state index < -0.39 is 10.8 Å². The Morgan fingerprint density at radius 3 is 2.53 bits per heavy atom. The molecule has 0 fully saturated rings. The van der Waals surface area contributed by atoms with Gasteiger partial charge in [0, 0.05) is 15.9 Å². The quantitative estimate of drug-likeness (QED) is 0.854. The lowest BCUT2D eigenvalue weighted by molar-refractivity contribution is 0.374. The summed E-state index contributed by atoms with van der Waals surface area (Å²) >= 11 is 3.41. The Labute approximate surface area is 115 Å². The van der Waals surface area contributed by atoms with E-state index in [2.05, 4.69) is 36.7 Å². The van der Waals surface area contributed by atoms with Gasteiger partial charge in [-0.15, -0.1) is 0 Å². The number of benzene rings is 1. The van der Waals surface area contributed by atoms with Crippen LogP contribution in [0.25, 0.3) is 0 Å². The van der Waals surface area contributed by atoms with Gasteiger partial charge in [0.05, 0.1) is 15.7 Å². The molecule has 1 rings (SSSR count). The van der Waals surface area contributed by atoms with E-state index in [-0.39, 0.29) is 0 Å². The monoisotopic (exact) mass is 317 g/mol. The Kier molecular flexibility index (Phi) is 5.20. The zero-order valence-electron chi connectivity index (χ0n) is 10.6. The van der Waals surface area contributed by atoms with Crippen molar-refractivity contribution in [3.05, 3.63) is 22.7 Å². The maximum atomic E-state index is 12.1. The Morgan fingerprint density at radius 1 is 1.35 bits per heavy atom. The first kappa shape index (κ1) is 14.7. The van der Waals surface area contributed by atoms with E-state index in [1.807, 2.05) is 6.07 Å². The molecule has 0 aliphatic rings. The van der Waals surface area contributed by atoms with Crippen LogP contribution in [0.5, 0.6) is 0 Å². The molecule has 0 saturated carbocycles. The largest absolute Gasteiger partial charge is 0.399 e. The Balaban J connectivity index is 2.59. The summed E-state index contributed by atoms with van der Waals surface area (Å²) in [5, 5.41) is 0. The van der Waals surface area contributed by atoms with E-state index in [1.165, 1.54) is 0 Å². The summed E-state index contributed by atoms with van der Waals surface area (Å²) in [7, 11) is -0.940. The third kappa shape index (κ3) is 5.21. The fourth-order valence-electron chi connectivity index (χ4n) is 1.55. The molecule has 0 bridgehead atoms. The van der Waals surface area contributed by atoms with Crippen LogP contribution in [0, 0.1) is 5.41 Å². The number of halogens is 1. The zero-order valence-corrected chi connectivity index (χ0v) is 13.0. The summed E-state index contributed by atoms with van der Waals surface area (Å²) in [5.41, 5.74) is 6.65. The average molecular weight is 318 g/mol. The summed E-state index contributed by atoms with van der Waals surface area (Å²) in [6.07, 6.45) is 2.07. The second kappa shape index (κ2) is 6.01. The highest BCUT2D eigenvalue weighted by Gasteiger charge is 2.12. The number of hydrogen-bond acceptors (Lipinski definition) is 2. The van der Waals surface area contributed by atoms with Crippen molar-refractivity contribution in [2.75, 3.05) is 11.5 Å². The fourth-order valence-corrected chi connectivity index (χ4v) is 3.61. The lowest BCUT2D eigenvalue weighted by atomic mass is 9.91. The van der Waals surface area contributed by atoms with E-state index in [0.717, 1.165) is 22.2 Å². The molecular formula is C13H20BrNOS. The Morgan fingerprint density at radius 2 is 2.00 bits per heavy atom. The first-order valence-electron chi connectivity index (χ1n) is 5.73. The second-order valence-electron chi connectivity index (χ2n) is 5.40. The third-order valence-electron chi connectivity index (χ3n) is 2.46. The van der Waals surface area contributed by atoms with E-state index in [4.69, 9.17) is 5.73 Å². The number of nitrogens with two attached hydrogens (primary N) is 1. The highest BCUT2D eigenvalue weighted by molar-refractivity contribution is 9.10. The lowest BCUT2D eigenvalue weighted by Crippen LogP contribution is -2.08. The molecule has 0 spiro atoms. The van der Waals surface area contributed by atoms with Crippen molar-refractivity contribution in [3.8, 4) is 0 Å². The van der Waals surface area contributed by atoms with Crippen molar-refractivity contribution in [2.45, 2.75) is 38.5 Å². The van der Waals surface area contributed by atoms with Gasteiger partial charge in [0.15, 0.2) is 0 Å². The first-order chi connectivity index (χ1) is 7.79. The van der Waals surface area contributed by atoms with Gasteiger partial charge in [-0.2, -0.15) is 0 Å². The molecule has 1 unspecified atom stereocenters. The standard InChI is InChI=1S/C13H20BrNOS/c1-13(2,3)7-4-8-17(16)12-6-5-10(15)9-11(12)14/h5-6,9H,4,7-8,15H2,1-3H3.